The number of nitrogens with one attached hydrogen (secondary N) is 1. The number of para-hydroxylation sites is 1. The summed E-state index contributed by atoms with van der Waals surface area (Å²) in [6.45, 7) is 7.02. The van der Waals surface area contributed by atoms with Gasteiger partial charge in [0.05, 0.1) is 16.4 Å². The Hall–Kier alpha value is -2.21. The molecule has 2 rings (SSSR count). The lowest BCUT2D eigenvalue weighted by Crippen LogP contribution is -2.46. The lowest BCUT2D eigenvalue weighted by molar-refractivity contribution is 0.271. The second-order valence-corrected chi connectivity index (χ2v) is 5.39. The van der Waals surface area contributed by atoms with Crippen molar-refractivity contribution >= 4 is 23.0 Å². The van der Waals surface area contributed by atoms with Gasteiger partial charge < -0.3 is 15.1 Å². The smallest absolute Gasteiger partial charge is 0.145 e. The van der Waals surface area contributed by atoms with Gasteiger partial charge in [-0.25, -0.2) is 0 Å². The highest BCUT2D eigenvalue weighted by Crippen LogP contribution is 2.34. The molecule has 0 unspecified atom stereocenters. The maximum Gasteiger partial charge on any atom is 0.145 e. The normalized spacial score (nSPS) is 14.8. The molecular formula is C16H18ClN5. The van der Waals surface area contributed by atoms with E-state index < -0.39 is 0 Å². The Morgan fingerprint density at radius 3 is 2.55 bits per heavy atom. The molecule has 0 bridgehead atoms. The molecule has 6 heteroatoms. The van der Waals surface area contributed by atoms with E-state index >= 15 is 0 Å². The molecule has 0 radical (unpaired) electrons. The first-order valence-corrected chi connectivity index (χ1v) is 7.60. The van der Waals surface area contributed by atoms with E-state index in [1.807, 2.05) is 30.3 Å². The summed E-state index contributed by atoms with van der Waals surface area (Å²) in [6, 6.07) is 9.27. The summed E-state index contributed by atoms with van der Waals surface area (Å²) in [5.74, 6) is 0. The number of likely N-dealkylation sites (N-methyl/N-ethyl adjacent to an activating group) is 1. The number of benzene rings is 1. The third kappa shape index (κ3) is 3.71. The Morgan fingerprint density at radius 1 is 1.27 bits per heavy atom. The van der Waals surface area contributed by atoms with E-state index in [-0.39, 0.29) is 5.57 Å². The van der Waals surface area contributed by atoms with Crippen molar-refractivity contribution in [2.75, 3.05) is 42.9 Å². The van der Waals surface area contributed by atoms with Crippen molar-refractivity contribution in [3.8, 4) is 12.1 Å². The van der Waals surface area contributed by atoms with Crippen molar-refractivity contribution in [3.05, 3.63) is 35.0 Å². The Balaban J connectivity index is 2.23. The van der Waals surface area contributed by atoms with E-state index in [2.05, 4.69) is 22.0 Å². The van der Waals surface area contributed by atoms with Crippen molar-refractivity contribution in [1.82, 2.24) is 4.90 Å². The van der Waals surface area contributed by atoms with E-state index in [9.17, 15) is 0 Å². The van der Waals surface area contributed by atoms with Gasteiger partial charge in [0.1, 0.15) is 17.7 Å². The van der Waals surface area contributed by atoms with Crippen LogP contribution in [0.5, 0.6) is 0 Å². The van der Waals surface area contributed by atoms with Crippen LogP contribution in [0.15, 0.2) is 30.0 Å². The zero-order chi connectivity index (χ0) is 15.9. The van der Waals surface area contributed by atoms with Gasteiger partial charge in [-0.1, -0.05) is 24.6 Å². The molecule has 1 fully saturated rings. The number of nitriles is 2. The van der Waals surface area contributed by atoms with Crippen LogP contribution in [-0.2, 0) is 0 Å². The van der Waals surface area contributed by atoms with Crippen LogP contribution in [0.25, 0.3) is 0 Å². The van der Waals surface area contributed by atoms with E-state index in [0.717, 1.165) is 44.1 Å². The first kappa shape index (κ1) is 16.2. The van der Waals surface area contributed by atoms with Crippen LogP contribution >= 0.6 is 11.6 Å². The summed E-state index contributed by atoms with van der Waals surface area (Å²) in [5, 5.41) is 21.3. The van der Waals surface area contributed by atoms with Gasteiger partial charge in [-0.2, -0.15) is 10.5 Å². The van der Waals surface area contributed by atoms with Crippen LogP contribution in [0.1, 0.15) is 6.92 Å². The van der Waals surface area contributed by atoms with Crippen LogP contribution < -0.4 is 10.2 Å². The minimum atomic E-state index is 0.0294. The molecule has 1 aliphatic rings. The number of anilines is 2. The van der Waals surface area contributed by atoms with Gasteiger partial charge in [-0.05, 0) is 18.7 Å². The summed E-state index contributed by atoms with van der Waals surface area (Å²) >= 11 is 6.37. The minimum absolute atomic E-state index is 0.0294. The molecule has 0 aliphatic carbocycles. The Bertz CT molecular complexity index is 617. The Kier molecular flexibility index (Phi) is 5.66. The molecular weight excluding hydrogens is 298 g/mol. The van der Waals surface area contributed by atoms with Crippen LogP contribution in [-0.4, -0.2) is 37.6 Å². The lowest BCUT2D eigenvalue weighted by Gasteiger charge is -2.36. The largest absolute Gasteiger partial charge is 0.366 e. The van der Waals surface area contributed by atoms with Crippen molar-refractivity contribution in [3.63, 3.8) is 0 Å². The van der Waals surface area contributed by atoms with Crippen molar-refractivity contribution < 1.29 is 0 Å². The highest BCUT2D eigenvalue weighted by molar-refractivity contribution is 6.34. The van der Waals surface area contributed by atoms with Gasteiger partial charge in [0.2, 0.25) is 0 Å². The summed E-state index contributed by atoms with van der Waals surface area (Å²) in [5.41, 5.74) is 1.76. The topological polar surface area (TPSA) is 66.1 Å². The summed E-state index contributed by atoms with van der Waals surface area (Å²) in [7, 11) is 0. The second kappa shape index (κ2) is 7.70. The zero-order valence-corrected chi connectivity index (χ0v) is 13.3. The lowest BCUT2D eigenvalue weighted by atomic mass is 10.2. The molecule has 1 aliphatic heterocycles. The van der Waals surface area contributed by atoms with Gasteiger partial charge in [0.25, 0.3) is 0 Å². The molecule has 1 aromatic carbocycles. The molecule has 1 aromatic rings. The third-order valence-corrected chi connectivity index (χ3v) is 4.04. The fourth-order valence-corrected chi connectivity index (χ4v) is 2.77. The van der Waals surface area contributed by atoms with Crippen molar-refractivity contribution in [2.45, 2.75) is 6.92 Å². The van der Waals surface area contributed by atoms with E-state index in [0.29, 0.717) is 5.02 Å². The number of allylic oxidation sites excluding steroid dienone is 1. The number of rotatable bonds is 4. The molecule has 0 amide bonds. The highest BCUT2D eigenvalue weighted by Gasteiger charge is 2.20. The summed E-state index contributed by atoms with van der Waals surface area (Å²) < 4.78 is 0. The van der Waals surface area contributed by atoms with Gasteiger partial charge in [0.15, 0.2) is 0 Å². The number of piperazine rings is 1. The Morgan fingerprint density at radius 2 is 1.95 bits per heavy atom. The molecule has 0 saturated carbocycles. The maximum absolute atomic E-state index is 8.81. The molecule has 0 atom stereocenters. The van der Waals surface area contributed by atoms with E-state index in [4.69, 9.17) is 22.1 Å². The maximum atomic E-state index is 8.81. The molecule has 5 nitrogen and oxygen atoms in total. The fraction of sp³-hybridized carbons (Fsp3) is 0.375. The molecule has 0 aromatic heterocycles. The number of halogens is 1. The van der Waals surface area contributed by atoms with Gasteiger partial charge in [-0.3, -0.25) is 0 Å². The molecule has 0 spiro atoms. The Labute approximate surface area is 136 Å². The predicted molar refractivity (Wildman–Crippen MR) is 88.7 cm³/mol. The van der Waals surface area contributed by atoms with Crippen molar-refractivity contribution in [2.24, 2.45) is 0 Å². The first-order chi connectivity index (χ1) is 10.7. The standard InChI is InChI=1S/C16H18ClN5/c1-2-21-6-8-22(9-7-21)16-14(17)4-3-5-15(16)20-12-13(10-18)11-19/h3-5,12,20H,2,6-9H2,1H3. The van der Waals surface area contributed by atoms with Crippen molar-refractivity contribution in [1.29, 1.82) is 10.5 Å². The average Bonchev–Trinajstić information content (AvgIpc) is 2.56. The van der Waals surface area contributed by atoms with Crippen LogP contribution in [0, 0.1) is 22.7 Å². The molecule has 22 heavy (non-hydrogen) atoms. The van der Waals surface area contributed by atoms with Crippen LogP contribution in [0.4, 0.5) is 11.4 Å². The molecule has 1 heterocycles. The highest BCUT2D eigenvalue weighted by atomic mass is 35.5. The quantitative estimate of drug-likeness (QED) is 0.865. The number of nitrogens with zero attached hydrogens (tertiary/aromatic N) is 4. The zero-order valence-electron chi connectivity index (χ0n) is 12.5. The van der Waals surface area contributed by atoms with Gasteiger partial charge in [0, 0.05) is 32.4 Å². The summed E-state index contributed by atoms with van der Waals surface area (Å²) in [4.78, 5) is 4.63. The predicted octanol–water partition coefficient (Wildman–Crippen LogP) is 2.82. The molecule has 1 saturated heterocycles. The first-order valence-electron chi connectivity index (χ1n) is 7.22. The van der Waals surface area contributed by atoms with Gasteiger partial charge in [-0.15, -0.1) is 0 Å². The van der Waals surface area contributed by atoms with Crippen LogP contribution in [0.2, 0.25) is 5.02 Å². The minimum Gasteiger partial charge on any atom is -0.366 e. The number of hydrogen-bond acceptors (Lipinski definition) is 5. The van der Waals surface area contributed by atoms with E-state index in [1.54, 1.807) is 0 Å². The average molecular weight is 316 g/mol. The SMILES string of the molecule is CCN1CCN(c2c(Cl)cccc2NC=C(C#N)C#N)CC1. The second-order valence-electron chi connectivity index (χ2n) is 4.98. The van der Waals surface area contributed by atoms with E-state index in [1.165, 1.54) is 6.20 Å². The van der Waals surface area contributed by atoms with Crippen LogP contribution in [0.3, 0.4) is 0 Å². The van der Waals surface area contributed by atoms with Gasteiger partial charge >= 0.3 is 0 Å². The summed E-state index contributed by atoms with van der Waals surface area (Å²) in [6.07, 6.45) is 1.41. The number of hydrogen-bond donors (Lipinski definition) is 1. The monoisotopic (exact) mass is 315 g/mol. The molecule has 1 N–H and O–H groups in total. The third-order valence-electron chi connectivity index (χ3n) is 3.74. The molecule has 114 valence electrons. The fourth-order valence-electron chi connectivity index (χ4n) is 2.48.